The van der Waals surface area contributed by atoms with E-state index in [4.69, 9.17) is 0 Å². The van der Waals surface area contributed by atoms with Gasteiger partial charge in [-0.05, 0) is 36.4 Å². The smallest absolute Gasteiger partial charge is 0.0528 e. The number of fused-ring (bicyclic) bond motifs is 3. The molecule has 0 unspecified atom stereocenters. The summed E-state index contributed by atoms with van der Waals surface area (Å²) in [5, 5.41) is 1.37. The number of hydrogen-bond acceptors (Lipinski definition) is 2. The molecular formula is C19H19N3. The summed E-state index contributed by atoms with van der Waals surface area (Å²) in [5.74, 6) is 0. The number of hydrogen-bond donors (Lipinski definition) is 0. The minimum absolute atomic E-state index is 1.03. The number of likely N-dealkylation sites (N-methyl/N-ethyl adjacent to an activating group) is 1. The van der Waals surface area contributed by atoms with Crippen LogP contribution in [0.25, 0.3) is 23.2 Å². The molecule has 0 aliphatic carbocycles. The fraction of sp³-hybridized carbons (Fsp3) is 0.211. The summed E-state index contributed by atoms with van der Waals surface area (Å²) < 4.78 is 2.35. The largest absolute Gasteiger partial charge is 0.320 e. The Balaban J connectivity index is 1.85. The van der Waals surface area contributed by atoms with Crippen molar-refractivity contribution in [3.63, 3.8) is 0 Å². The second kappa shape index (κ2) is 5.43. The number of nitrogens with zero attached hydrogens (tertiary/aromatic N) is 3. The van der Waals surface area contributed by atoms with Crippen molar-refractivity contribution < 1.29 is 0 Å². The number of rotatable bonds is 2. The first-order chi connectivity index (χ1) is 10.8. The molecule has 0 saturated heterocycles. The SMILES string of the molecule is CN1CCc2c(c3ccccc3n2/C=C\c2cccnc2)C1. The van der Waals surface area contributed by atoms with E-state index in [0.717, 1.165) is 25.1 Å². The van der Waals surface area contributed by atoms with Crippen molar-refractivity contribution in [1.82, 2.24) is 14.5 Å². The quantitative estimate of drug-likeness (QED) is 0.718. The lowest BCUT2D eigenvalue weighted by atomic mass is 10.1. The van der Waals surface area contributed by atoms with E-state index in [1.165, 1.54) is 22.2 Å². The monoisotopic (exact) mass is 289 g/mol. The summed E-state index contributed by atoms with van der Waals surface area (Å²) in [5.41, 5.74) is 5.34. The highest BCUT2D eigenvalue weighted by molar-refractivity contribution is 5.88. The van der Waals surface area contributed by atoms with Crippen LogP contribution >= 0.6 is 0 Å². The maximum atomic E-state index is 4.18. The summed E-state index contributed by atoms with van der Waals surface area (Å²) in [6, 6.07) is 12.7. The van der Waals surface area contributed by atoms with Gasteiger partial charge >= 0.3 is 0 Å². The van der Waals surface area contributed by atoms with Crippen molar-refractivity contribution >= 4 is 23.2 Å². The first-order valence-corrected chi connectivity index (χ1v) is 7.70. The molecule has 0 radical (unpaired) electrons. The van der Waals surface area contributed by atoms with Crippen molar-refractivity contribution in [1.29, 1.82) is 0 Å². The van der Waals surface area contributed by atoms with Crippen LogP contribution in [-0.2, 0) is 13.0 Å². The van der Waals surface area contributed by atoms with Crippen LogP contribution in [0.1, 0.15) is 16.8 Å². The van der Waals surface area contributed by atoms with Gasteiger partial charge in [0.1, 0.15) is 0 Å². The van der Waals surface area contributed by atoms with Gasteiger partial charge < -0.3 is 9.47 Å². The van der Waals surface area contributed by atoms with E-state index in [1.807, 2.05) is 12.3 Å². The van der Waals surface area contributed by atoms with Crippen molar-refractivity contribution in [3.8, 4) is 0 Å². The zero-order valence-corrected chi connectivity index (χ0v) is 12.7. The number of aromatic nitrogens is 2. The summed E-state index contributed by atoms with van der Waals surface area (Å²) >= 11 is 0. The highest BCUT2D eigenvalue weighted by atomic mass is 15.1. The molecule has 3 heteroatoms. The standard InChI is InChI=1S/C19H19N3/c1-21-11-9-19-17(14-21)16-6-2-3-7-18(16)22(19)12-8-15-5-4-10-20-13-15/h2-8,10,12-13H,9,11,14H2,1H3/b12-8-. The van der Waals surface area contributed by atoms with Gasteiger partial charge in [-0.15, -0.1) is 0 Å². The van der Waals surface area contributed by atoms with Crippen LogP contribution in [0, 0.1) is 0 Å². The number of para-hydroxylation sites is 1. The van der Waals surface area contributed by atoms with Crippen LogP contribution in [0.2, 0.25) is 0 Å². The second-order valence-electron chi connectivity index (χ2n) is 5.90. The van der Waals surface area contributed by atoms with Gasteiger partial charge in [-0.3, -0.25) is 4.98 Å². The van der Waals surface area contributed by atoms with Gasteiger partial charge in [-0.1, -0.05) is 24.3 Å². The summed E-state index contributed by atoms with van der Waals surface area (Å²) in [6.45, 7) is 2.15. The van der Waals surface area contributed by atoms with Crippen LogP contribution in [0.5, 0.6) is 0 Å². The zero-order chi connectivity index (χ0) is 14.9. The van der Waals surface area contributed by atoms with E-state index in [0.29, 0.717) is 0 Å². The van der Waals surface area contributed by atoms with Crippen molar-refractivity contribution in [2.24, 2.45) is 0 Å². The molecule has 110 valence electrons. The molecule has 1 aliphatic heterocycles. The van der Waals surface area contributed by atoms with Gasteiger partial charge in [0.25, 0.3) is 0 Å². The van der Waals surface area contributed by atoms with E-state index in [-0.39, 0.29) is 0 Å². The molecule has 0 N–H and O–H groups in total. The molecule has 0 amide bonds. The van der Waals surface area contributed by atoms with Crippen LogP contribution in [-0.4, -0.2) is 28.0 Å². The summed E-state index contributed by atoms with van der Waals surface area (Å²) in [7, 11) is 2.19. The Morgan fingerprint density at radius 1 is 1.14 bits per heavy atom. The third-order valence-electron chi connectivity index (χ3n) is 4.39. The Morgan fingerprint density at radius 2 is 2.05 bits per heavy atom. The second-order valence-corrected chi connectivity index (χ2v) is 5.90. The predicted octanol–water partition coefficient (Wildman–Crippen LogP) is 3.65. The third kappa shape index (κ3) is 2.24. The maximum absolute atomic E-state index is 4.18. The van der Waals surface area contributed by atoms with Crippen LogP contribution in [0.3, 0.4) is 0 Å². The molecule has 1 aliphatic rings. The highest BCUT2D eigenvalue weighted by Gasteiger charge is 2.20. The molecule has 4 rings (SSSR count). The van der Waals surface area contributed by atoms with Gasteiger partial charge in [0.15, 0.2) is 0 Å². The van der Waals surface area contributed by atoms with Crippen molar-refractivity contribution in [2.75, 3.05) is 13.6 Å². The molecule has 2 aromatic heterocycles. The van der Waals surface area contributed by atoms with Crippen LogP contribution < -0.4 is 0 Å². The molecule has 22 heavy (non-hydrogen) atoms. The average Bonchev–Trinajstić information content (AvgIpc) is 2.87. The average molecular weight is 289 g/mol. The Hall–Kier alpha value is -2.39. The zero-order valence-electron chi connectivity index (χ0n) is 12.7. The molecule has 0 spiro atoms. The minimum atomic E-state index is 1.03. The topological polar surface area (TPSA) is 21.1 Å². The molecule has 0 fully saturated rings. The van der Waals surface area contributed by atoms with Crippen LogP contribution in [0.15, 0.2) is 48.8 Å². The molecule has 3 aromatic rings. The van der Waals surface area contributed by atoms with Crippen LogP contribution in [0.4, 0.5) is 0 Å². The van der Waals surface area contributed by atoms with Gasteiger partial charge in [0, 0.05) is 49.2 Å². The molecule has 3 heterocycles. The molecule has 0 atom stereocenters. The predicted molar refractivity (Wildman–Crippen MR) is 91.4 cm³/mol. The first-order valence-electron chi connectivity index (χ1n) is 7.70. The normalized spacial score (nSPS) is 15.5. The Labute approximate surface area is 130 Å². The highest BCUT2D eigenvalue weighted by Crippen LogP contribution is 2.30. The van der Waals surface area contributed by atoms with Crippen molar-refractivity contribution in [3.05, 3.63) is 65.6 Å². The van der Waals surface area contributed by atoms with E-state index in [2.05, 4.69) is 64.1 Å². The fourth-order valence-corrected chi connectivity index (χ4v) is 3.28. The van der Waals surface area contributed by atoms with E-state index in [9.17, 15) is 0 Å². The molecule has 0 saturated carbocycles. The number of benzene rings is 1. The van der Waals surface area contributed by atoms with Gasteiger partial charge in [0.05, 0.1) is 5.52 Å². The molecular weight excluding hydrogens is 270 g/mol. The van der Waals surface area contributed by atoms with Gasteiger partial charge in [-0.25, -0.2) is 0 Å². The third-order valence-corrected chi connectivity index (χ3v) is 4.39. The van der Waals surface area contributed by atoms with Gasteiger partial charge in [-0.2, -0.15) is 0 Å². The van der Waals surface area contributed by atoms with Crippen molar-refractivity contribution in [2.45, 2.75) is 13.0 Å². The van der Waals surface area contributed by atoms with E-state index < -0.39 is 0 Å². The Morgan fingerprint density at radius 3 is 2.91 bits per heavy atom. The minimum Gasteiger partial charge on any atom is -0.320 e. The molecule has 1 aromatic carbocycles. The number of pyridine rings is 1. The Kier molecular flexibility index (Phi) is 3.28. The van der Waals surface area contributed by atoms with Gasteiger partial charge in [0.2, 0.25) is 0 Å². The maximum Gasteiger partial charge on any atom is 0.0528 e. The lowest BCUT2D eigenvalue weighted by Crippen LogP contribution is -2.26. The lowest BCUT2D eigenvalue weighted by molar-refractivity contribution is 0.312. The molecule has 3 nitrogen and oxygen atoms in total. The lowest BCUT2D eigenvalue weighted by Gasteiger charge is -2.23. The summed E-state index contributed by atoms with van der Waals surface area (Å²) in [6.07, 6.45) is 9.11. The fourth-order valence-electron chi connectivity index (χ4n) is 3.28. The first kappa shape index (κ1) is 13.3. The van der Waals surface area contributed by atoms with E-state index >= 15 is 0 Å². The summed E-state index contributed by atoms with van der Waals surface area (Å²) in [4.78, 5) is 6.57. The Bertz CT molecular complexity index is 831. The van der Waals surface area contributed by atoms with E-state index in [1.54, 1.807) is 6.20 Å². The molecule has 0 bridgehead atoms.